The Hall–Kier alpha value is -2.27. The molecular formula is C13H14N4O. The van der Waals surface area contributed by atoms with Crippen LogP contribution in [0.3, 0.4) is 0 Å². The van der Waals surface area contributed by atoms with Crippen molar-refractivity contribution in [3.05, 3.63) is 59.7 Å². The van der Waals surface area contributed by atoms with Crippen LogP contribution < -0.4 is 11.1 Å². The van der Waals surface area contributed by atoms with Crippen LogP contribution in [0.2, 0.25) is 0 Å². The van der Waals surface area contributed by atoms with Gasteiger partial charge in [-0.25, -0.2) is 9.97 Å². The van der Waals surface area contributed by atoms with E-state index < -0.39 is 0 Å². The summed E-state index contributed by atoms with van der Waals surface area (Å²) in [6.07, 6.45) is 4.36. The molecule has 1 heterocycles. The number of nitrogens with zero attached hydrogens (tertiary/aromatic N) is 2. The molecule has 0 aliphatic heterocycles. The van der Waals surface area contributed by atoms with Gasteiger partial charge in [0, 0.05) is 25.5 Å². The lowest BCUT2D eigenvalue weighted by molar-refractivity contribution is 0.0950. The van der Waals surface area contributed by atoms with E-state index in [1.165, 1.54) is 18.7 Å². The minimum atomic E-state index is -0.186. The first kappa shape index (κ1) is 12.2. The summed E-state index contributed by atoms with van der Waals surface area (Å²) in [7, 11) is 0. The molecule has 1 aromatic heterocycles. The molecule has 0 atom stereocenters. The summed E-state index contributed by atoms with van der Waals surface area (Å²) in [5, 5.41) is 2.81. The normalized spacial score (nSPS) is 10.1. The molecule has 5 heteroatoms. The maximum absolute atomic E-state index is 11.8. The predicted octanol–water partition coefficient (Wildman–Crippen LogP) is 0.865. The van der Waals surface area contributed by atoms with Crippen LogP contribution in [0.4, 0.5) is 0 Å². The smallest absolute Gasteiger partial charge is 0.254 e. The van der Waals surface area contributed by atoms with Crippen LogP contribution in [0.25, 0.3) is 0 Å². The lowest BCUT2D eigenvalue weighted by Crippen LogP contribution is -2.23. The monoisotopic (exact) mass is 242 g/mol. The van der Waals surface area contributed by atoms with Crippen LogP contribution in [-0.4, -0.2) is 15.9 Å². The number of aromatic nitrogens is 2. The van der Waals surface area contributed by atoms with Gasteiger partial charge in [-0.15, -0.1) is 0 Å². The van der Waals surface area contributed by atoms with Crippen LogP contribution in [0.15, 0.2) is 43.0 Å². The lowest BCUT2D eigenvalue weighted by atomic mass is 10.1. The minimum Gasteiger partial charge on any atom is -0.348 e. The van der Waals surface area contributed by atoms with Crippen LogP contribution in [0.1, 0.15) is 21.5 Å². The Bertz CT molecular complexity index is 528. The third-order valence-corrected chi connectivity index (χ3v) is 2.50. The number of rotatable bonds is 4. The Labute approximate surface area is 105 Å². The number of benzene rings is 1. The molecule has 0 spiro atoms. The summed E-state index contributed by atoms with van der Waals surface area (Å²) in [6.45, 7) is 0.954. The summed E-state index contributed by atoms with van der Waals surface area (Å²) < 4.78 is 0. The fraction of sp³-hybridized carbons (Fsp3) is 0.154. The number of carbonyl (C=O) groups is 1. The fourth-order valence-corrected chi connectivity index (χ4v) is 1.57. The van der Waals surface area contributed by atoms with Gasteiger partial charge in [-0.05, 0) is 11.1 Å². The molecule has 92 valence electrons. The van der Waals surface area contributed by atoms with Crippen molar-refractivity contribution in [3.63, 3.8) is 0 Å². The van der Waals surface area contributed by atoms with E-state index >= 15 is 0 Å². The van der Waals surface area contributed by atoms with Gasteiger partial charge < -0.3 is 11.1 Å². The highest BCUT2D eigenvalue weighted by atomic mass is 16.1. The van der Waals surface area contributed by atoms with Gasteiger partial charge in [-0.3, -0.25) is 4.79 Å². The second kappa shape index (κ2) is 5.88. The average Bonchev–Trinajstić information content (AvgIpc) is 2.46. The molecule has 5 nitrogen and oxygen atoms in total. The number of nitrogens with two attached hydrogens (primary N) is 1. The van der Waals surface area contributed by atoms with Crippen molar-refractivity contribution in [1.29, 1.82) is 0 Å². The van der Waals surface area contributed by atoms with Gasteiger partial charge in [-0.2, -0.15) is 0 Å². The molecule has 0 unspecified atom stereocenters. The topological polar surface area (TPSA) is 80.9 Å². The summed E-state index contributed by atoms with van der Waals surface area (Å²) in [5.41, 5.74) is 8.08. The average molecular weight is 242 g/mol. The molecule has 18 heavy (non-hydrogen) atoms. The van der Waals surface area contributed by atoms with Gasteiger partial charge in [0.15, 0.2) is 0 Å². The number of hydrogen-bond donors (Lipinski definition) is 2. The first-order chi connectivity index (χ1) is 8.79. The molecule has 0 aliphatic rings. The van der Waals surface area contributed by atoms with Crippen LogP contribution in [-0.2, 0) is 13.1 Å². The zero-order valence-corrected chi connectivity index (χ0v) is 9.84. The van der Waals surface area contributed by atoms with Gasteiger partial charge in [0.05, 0.1) is 5.56 Å². The van der Waals surface area contributed by atoms with Crippen LogP contribution >= 0.6 is 0 Å². The van der Waals surface area contributed by atoms with Gasteiger partial charge >= 0.3 is 0 Å². The lowest BCUT2D eigenvalue weighted by Gasteiger charge is -2.06. The molecule has 0 saturated carbocycles. The zero-order valence-electron chi connectivity index (χ0n) is 9.84. The Balaban J connectivity index is 1.97. The molecule has 0 saturated heterocycles. The standard InChI is InChI=1S/C13H14N4O/c14-5-10-2-1-3-11(4-10)6-17-13(18)12-7-15-9-16-8-12/h1-4,7-9H,5-6,14H2,(H,17,18). The Morgan fingerprint density at radius 3 is 2.67 bits per heavy atom. The van der Waals surface area contributed by atoms with Crippen LogP contribution in [0, 0.1) is 0 Å². The third-order valence-electron chi connectivity index (χ3n) is 2.50. The molecule has 2 aromatic rings. The van der Waals surface area contributed by atoms with E-state index in [0.717, 1.165) is 11.1 Å². The zero-order chi connectivity index (χ0) is 12.8. The molecule has 2 rings (SSSR count). The van der Waals surface area contributed by atoms with E-state index in [-0.39, 0.29) is 5.91 Å². The summed E-state index contributed by atoms with van der Waals surface area (Å²) in [5.74, 6) is -0.186. The highest BCUT2D eigenvalue weighted by Gasteiger charge is 2.05. The second-order valence-electron chi connectivity index (χ2n) is 3.83. The van der Waals surface area contributed by atoms with E-state index in [9.17, 15) is 4.79 Å². The summed E-state index contributed by atoms with van der Waals surface area (Å²) >= 11 is 0. The Morgan fingerprint density at radius 2 is 1.94 bits per heavy atom. The second-order valence-corrected chi connectivity index (χ2v) is 3.83. The summed E-state index contributed by atoms with van der Waals surface area (Å²) in [4.78, 5) is 19.4. The third kappa shape index (κ3) is 3.11. The van der Waals surface area contributed by atoms with E-state index in [4.69, 9.17) is 5.73 Å². The molecular weight excluding hydrogens is 228 g/mol. The van der Waals surface area contributed by atoms with E-state index in [0.29, 0.717) is 18.7 Å². The summed E-state index contributed by atoms with van der Waals surface area (Å²) in [6, 6.07) is 7.80. The van der Waals surface area contributed by atoms with Crippen molar-refractivity contribution in [2.45, 2.75) is 13.1 Å². The van der Waals surface area contributed by atoms with Gasteiger partial charge in [0.25, 0.3) is 5.91 Å². The highest BCUT2D eigenvalue weighted by Crippen LogP contribution is 2.04. The van der Waals surface area contributed by atoms with Crippen molar-refractivity contribution < 1.29 is 4.79 Å². The molecule has 0 aliphatic carbocycles. The first-order valence-electron chi connectivity index (χ1n) is 5.60. The van der Waals surface area contributed by atoms with Gasteiger partial charge in [-0.1, -0.05) is 24.3 Å². The van der Waals surface area contributed by atoms with Crippen molar-refractivity contribution in [2.75, 3.05) is 0 Å². The maximum Gasteiger partial charge on any atom is 0.254 e. The van der Waals surface area contributed by atoms with E-state index in [1.54, 1.807) is 0 Å². The van der Waals surface area contributed by atoms with E-state index in [2.05, 4.69) is 15.3 Å². The van der Waals surface area contributed by atoms with Crippen LogP contribution in [0.5, 0.6) is 0 Å². The number of nitrogens with one attached hydrogen (secondary N) is 1. The number of hydrogen-bond acceptors (Lipinski definition) is 4. The molecule has 3 N–H and O–H groups in total. The molecule has 0 radical (unpaired) electrons. The molecule has 1 aromatic carbocycles. The SMILES string of the molecule is NCc1cccc(CNC(=O)c2cncnc2)c1. The van der Waals surface area contributed by atoms with Gasteiger partial charge in [0.1, 0.15) is 6.33 Å². The van der Waals surface area contributed by atoms with Crippen molar-refractivity contribution in [2.24, 2.45) is 5.73 Å². The van der Waals surface area contributed by atoms with Gasteiger partial charge in [0.2, 0.25) is 0 Å². The van der Waals surface area contributed by atoms with Crippen molar-refractivity contribution in [3.8, 4) is 0 Å². The fourth-order valence-electron chi connectivity index (χ4n) is 1.57. The molecule has 0 bridgehead atoms. The largest absolute Gasteiger partial charge is 0.348 e. The molecule has 0 fully saturated rings. The Morgan fingerprint density at radius 1 is 1.22 bits per heavy atom. The van der Waals surface area contributed by atoms with Crippen molar-refractivity contribution in [1.82, 2.24) is 15.3 Å². The Kier molecular flexibility index (Phi) is 3.98. The molecule has 1 amide bonds. The highest BCUT2D eigenvalue weighted by molar-refractivity contribution is 5.93. The maximum atomic E-state index is 11.8. The van der Waals surface area contributed by atoms with E-state index in [1.807, 2.05) is 24.3 Å². The quantitative estimate of drug-likeness (QED) is 0.833. The minimum absolute atomic E-state index is 0.186. The van der Waals surface area contributed by atoms with Crippen molar-refractivity contribution >= 4 is 5.91 Å². The number of carbonyl (C=O) groups excluding carboxylic acids is 1. The number of amides is 1. The first-order valence-corrected chi connectivity index (χ1v) is 5.60. The predicted molar refractivity (Wildman–Crippen MR) is 67.5 cm³/mol.